The predicted octanol–water partition coefficient (Wildman–Crippen LogP) is 1.74. The average Bonchev–Trinajstić information content (AvgIpc) is 3.01. The monoisotopic (exact) mass is 331 g/mol. The maximum absolute atomic E-state index is 12.4. The van der Waals surface area contributed by atoms with Gasteiger partial charge in [0.2, 0.25) is 5.91 Å². The Hall–Kier alpha value is -2.34. The Morgan fingerprint density at radius 1 is 1.33 bits per heavy atom. The van der Waals surface area contributed by atoms with Crippen molar-refractivity contribution in [3.8, 4) is 0 Å². The lowest BCUT2D eigenvalue weighted by atomic mass is 9.98. The van der Waals surface area contributed by atoms with E-state index in [4.69, 9.17) is 10.5 Å². The number of carbonyl (C=O) groups is 2. The number of amides is 1. The molecule has 4 N–H and O–H groups in total. The van der Waals surface area contributed by atoms with Crippen LogP contribution in [0.2, 0.25) is 0 Å². The van der Waals surface area contributed by atoms with Gasteiger partial charge in [-0.2, -0.15) is 0 Å². The molecule has 0 saturated carbocycles. The summed E-state index contributed by atoms with van der Waals surface area (Å²) in [6, 6.07) is 6.44. The molecule has 0 radical (unpaired) electrons. The van der Waals surface area contributed by atoms with Crippen LogP contribution in [0.3, 0.4) is 0 Å². The summed E-state index contributed by atoms with van der Waals surface area (Å²) in [4.78, 5) is 27.4. The first kappa shape index (κ1) is 18.0. The lowest BCUT2D eigenvalue weighted by Gasteiger charge is -2.23. The maximum Gasteiger partial charge on any atom is 0.328 e. The summed E-state index contributed by atoms with van der Waals surface area (Å²) in [5.74, 6) is -0.824. The number of rotatable bonds is 7. The summed E-state index contributed by atoms with van der Waals surface area (Å²) in [7, 11) is 1.32. The van der Waals surface area contributed by atoms with Gasteiger partial charge in [0.1, 0.15) is 6.04 Å². The van der Waals surface area contributed by atoms with Crippen LogP contribution in [0.5, 0.6) is 0 Å². The van der Waals surface area contributed by atoms with E-state index < -0.39 is 18.1 Å². The van der Waals surface area contributed by atoms with E-state index in [2.05, 4.69) is 10.3 Å². The SMILES string of the molecule is CC[C@H](C)[C@H](NC(=O)[C@@H](N)Cc1c[nH]c2ccccc12)C(=O)OC. The van der Waals surface area contributed by atoms with Crippen molar-refractivity contribution in [3.63, 3.8) is 0 Å². The first-order chi connectivity index (χ1) is 11.5. The van der Waals surface area contributed by atoms with Crippen LogP contribution in [0, 0.1) is 5.92 Å². The van der Waals surface area contributed by atoms with Gasteiger partial charge >= 0.3 is 5.97 Å². The fraction of sp³-hybridized carbons (Fsp3) is 0.444. The van der Waals surface area contributed by atoms with Crippen LogP contribution in [-0.2, 0) is 20.7 Å². The lowest BCUT2D eigenvalue weighted by Crippen LogP contribution is -2.51. The van der Waals surface area contributed by atoms with Crippen LogP contribution in [0.1, 0.15) is 25.8 Å². The van der Waals surface area contributed by atoms with Crippen LogP contribution < -0.4 is 11.1 Å². The number of nitrogens with one attached hydrogen (secondary N) is 2. The topological polar surface area (TPSA) is 97.2 Å². The van der Waals surface area contributed by atoms with Crippen LogP contribution in [0.25, 0.3) is 10.9 Å². The number of hydrogen-bond donors (Lipinski definition) is 3. The lowest BCUT2D eigenvalue weighted by molar-refractivity contribution is -0.146. The number of nitrogens with two attached hydrogens (primary N) is 1. The highest BCUT2D eigenvalue weighted by atomic mass is 16.5. The minimum atomic E-state index is -0.736. The van der Waals surface area contributed by atoms with E-state index in [9.17, 15) is 9.59 Å². The Bertz CT molecular complexity index is 710. The van der Waals surface area contributed by atoms with Crippen molar-refractivity contribution < 1.29 is 14.3 Å². The number of fused-ring (bicyclic) bond motifs is 1. The molecular weight excluding hydrogens is 306 g/mol. The van der Waals surface area contributed by atoms with Crippen LogP contribution in [0.4, 0.5) is 0 Å². The highest BCUT2D eigenvalue weighted by Crippen LogP contribution is 2.19. The van der Waals surface area contributed by atoms with Crippen molar-refractivity contribution in [3.05, 3.63) is 36.0 Å². The van der Waals surface area contributed by atoms with E-state index in [1.54, 1.807) is 0 Å². The van der Waals surface area contributed by atoms with E-state index in [1.165, 1.54) is 7.11 Å². The first-order valence-electron chi connectivity index (χ1n) is 8.16. The Kier molecular flexibility index (Phi) is 5.98. The molecule has 3 atom stereocenters. The minimum Gasteiger partial charge on any atom is -0.467 e. The van der Waals surface area contributed by atoms with Gasteiger partial charge in [-0.1, -0.05) is 38.5 Å². The van der Waals surface area contributed by atoms with Gasteiger partial charge in [-0.05, 0) is 24.0 Å². The number of aromatic nitrogens is 1. The zero-order chi connectivity index (χ0) is 17.7. The summed E-state index contributed by atoms with van der Waals surface area (Å²) in [6.07, 6.45) is 3.01. The quantitative estimate of drug-likeness (QED) is 0.673. The number of carbonyl (C=O) groups excluding carboxylic acids is 2. The molecule has 6 heteroatoms. The van der Waals surface area contributed by atoms with Gasteiger partial charge in [0.25, 0.3) is 0 Å². The van der Waals surface area contributed by atoms with Gasteiger partial charge in [0, 0.05) is 17.1 Å². The standard InChI is InChI=1S/C18H25N3O3/c1-4-11(2)16(18(23)24-3)21-17(22)14(19)9-12-10-20-15-8-6-5-7-13(12)15/h5-8,10-11,14,16,20H,4,9,19H2,1-3H3,(H,21,22)/t11-,14-,16-/m0/s1. The van der Waals surface area contributed by atoms with Gasteiger partial charge in [-0.25, -0.2) is 4.79 Å². The molecule has 0 bridgehead atoms. The third kappa shape index (κ3) is 3.94. The second kappa shape index (κ2) is 7.97. The molecule has 0 spiro atoms. The highest BCUT2D eigenvalue weighted by Gasteiger charge is 2.28. The van der Waals surface area contributed by atoms with Crippen LogP contribution in [-0.4, -0.2) is 36.1 Å². The molecule has 2 aromatic rings. The van der Waals surface area contributed by atoms with Crippen LogP contribution in [0.15, 0.2) is 30.5 Å². The summed E-state index contributed by atoms with van der Waals surface area (Å²) in [5.41, 5.74) is 8.04. The molecule has 0 aliphatic carbocycles. The van der Waals surface area contributed by atoms with Crippen molar-refractivity contribution >= 4 is 22.8 Å². The molecule has 0 saturated heterocycles. The Morgan fingerprint density at radius 3 is 2.71 bits per heavy atom. The van der Waals surface area contributed by atoms with Crippen molar-refractivity contribution in [2.24, 2.45) is 11.7 Å². The summed E-state index contributed by atoms with van der Waals surface area (Å²) >= 11 is 0. The molecule has 1 aromatic heterocycles. The van der Waals surface area contributed by atoms with Gasteiger partial charge in [0.15, 0.2) is 0 Å². The first-order valence-corrected chi connectivity index (χ1v) is 8.16. The van der Waals surface area contributed by atoms with Gasteiger partial charge in [-0.3, -0.25) is 4.79 Å². The van der Waals surface area contributed by atoms with E-state index in [0.29, 0.717) is 6.42 Å². The number of esters is 1. The molecule has 24 heavy (non-hydrogen) atoms. The summed E-state index contributed by atoms with van der Waals surface area (Å²) in [5, 5.41) is 3.78. The number of ether oxygens (including phenoxy) is 1. The minimum absolute atomic E-state index is 0.0262. The molecule has 0 unspecified atom stereocenters. The third-order valence-electron chi connectivity index (χ3n) is 4.42. The van der Waals surface area contributed by atoms with Gasteiger partial charge < -0.3 is 20.8 Å². The molecular formula is C18H25N3O3. The number of H-pyrrole nitrogens is 1. The van der Waals surface area contributed by atoms with Crippen molar-refractivity contribution in [2.75, 3.05) is 7.11 Å². The number of aromatic amines is 1. The highest BCUT2D eigenvalue weighted by molar-refractivity contribution is 5.89. The molecule has 1 aromatic carbocycles. The number of hydrogen-bond acceptors (Lipinski definition) is 4. The van der Waals surface area contributed by atoms with E-state index in [-0.39, 0.29) is 11.8 Å². The molecule has 1 heterocycles. The second-order valence-corrected chi connectivity index (χ2v) is 6.07. The largest absolute Gasteiger partial charge is 0.467 e. The Morgan fingerprint density at radius 2 is 2.04 bits per heavy atom. The third-order valence-corrected chi connectivity index (χ3v) is 4.42. The fourth-order valence-corrected chi connectivity index (χ4v) is 2.69. The maximum atomic E-state index is 12.4. The molecule has 1 amide bonds. The molecule has 130 valence electrons. The second-order valence-electron chi connectivity index (χ2n) is 6.07. The zero-order valence-corrected chi connectivity index (χ0v) is 14.3. The normalized spacial score (nSPS) is 14.8. The molecule has 2 rings (SSSR count). The smallest absolute Gasteiger partial charge is 0.328 e. The zero-order valence-electron chi connectivity index (χ0n) is 14.3. The van der Waals surface area contributed by atoms with E-state index in [1.807, 2.05) is 44.3 Å². The van der Waals surface area contributed by atoms with Crippen molar-refractivity contribution in [1.82, 2.24) is 10.3 Å². The van der Waals surface area contributed by atoms with Crippen molar-refractivity contribution in [1.29, 1.82) is 0 Å². The molecule has 0 fully saturated rings. The van der Waals surface area contributed by atoms with Crippen LogP contribution >= 0.6 is 0 Å². The van der Waals surface area contributed by atoms with E-state index >= 15 is 0 Å². The Labute approximate surface area is 141 Å². The average molecular weight is 331 g/mol. The molecule has 0 aliphatic heterocycles. The fourth-order valence-electron chi connectivity index (χ4n) is 2.69. The Balaban J connectivity index is 2.07. The van der Waals surface area contributed by atoms with Gasteiger partial charge in [-0.15, -0.1) is 0 Å². The number of methoxy groups -OCH3 is 1. The van der Waals surface area contributed by atoms with E-state index in [0.717, 1.165) is 22.9 Å². The van der Waals surface area contributed by atoms with Gasteiger partial charge in [0.05, 0.1) is 13.2 Å². The van der Waals surface area contributed by atoms with Crippen molar-refractivity contribution in [2.45, 2.75) is 38.8 Å². The molecule has 6 nitrogen and oxygen atoms in total. The number of para-hydroxylation sites is 1. The summed E-state index contributed by atoms with van der Waals surface area (Å²) < 4.78 is 4.78. The number of benzene rings is 1. The molecule has 0 aliphatic rings. The predicted molar refractivity (Wildman–Crippen MR) is 93.4 cm³/mol. The summed E-state index contributed by atoms with van der Waals surface area (Å²) in [6.45, 7) is 3.85.